The lowest BCUT2D eigenvalue weighted by molar-refractivity contribution is -0.221. The van der Waals surface area contributed by atoms with Crippen molar-refractivity contribution in [2.45, 2.75) is 105 Å². The Labute approximate surface area is 292 Å². The van der Waals surface area contributed by atoms with Gasteiger partial charge in [0.2, 0.25) is 0 Å². The third kappa shape index (κ3) is 5.84. The predicted octanol–water partition coefficient (Wildman–Crippen LogP) is 7.54. The monoisotopic (exact) mass is 680 g/mol. The number of rotatable bonds is 8. The van der Waals surface area contributed by atoms with Crippen LogP contribution in [-0.4, -0.2) is 69.6 Å². The van der Waals surface area contributed by atoms with Crippen molar-refractivity contribution in [1.29, 1.82) is 0 Å². The molecule has 5 aliphatic carbocycles. The van der Waals surface area contributed by atoms with E-state index in [0.717, 1.165) is 19.5 Å². The summed E-state index contributed by atoms with van der Waals surface area (Å²) in [4.78, 5) is 13.9. The van der Waals surface area contributed by atoms with Gasteiger partial charge in [0.05, 0.1) is 18.6 Å². The van der Waals surface area contributed by atoms with Gasteiger partial charge in [-0.15, -0.1) is 0 Å². The molecule has 1 saturated heterocycles. The van der Waals surface area contributed by atoms with E-state index in [-0.39, 0.29) is 22.3 Å². The van der Waals surface area contributed by atoms with Gasteiger partial charge in [-0.25, -0.2) is 13.2 Å². The van der Waals surface area contributed by atoms with Crippen LogP contribution < -0.4 is 5.32 Å². The summed E-state index contributed by atoms with van der Waals surface area (Å²) in [5, 5.41) is 4.21. The molecule has 1 N–H and O–H groups in total. The third-order valence-electron chi connectivity index (χ3n) is 15.9. The molecule has 48 heavy (non-hydrogen) atoms. The van der Waals surface area contributed by atoms with Gasteiger partial charge in [-0.3, -0.25) is 0 Å². The van der Waals surface area contributed by atoms with E-state index in [1.165, 1.54) is 75.7 Å². The second-order valence-corrected chi connectivity index (χ2v) is 20.4. The molecule has 0 aromatic rings. The summed E-state index contributed by atoms with van der Waals surface area (Å²) >= 11 is 0. The number of carbonyl (C=O) groups is 1. The lowest BCUT2D eigenvalue weighted by Crippen LogP contribution is -2.68. The maximum Gasteiger partial charge on any atom is 0.330 e. The molecule has 0 unspecified atom stereocenters. The Morgan fingerprint density at radius 1 is 0.979 bits per heavy atom. The minimum Gasteiger partial charge on any atom is -0.466 e. The Morgan fingerprint density at radius 2 is 1.71 bits per heavy atom. The number of carbonyl (C=O) groups excluding carboxylic acids is 1. The first-order valence-electron chi connectivity index (χ1n) is 19.0. The first kappa shape index (κ1) is 36.1. The lowest BCUT2D eigenvalue weighted by atomic mass is 9.33. The number of ether oxygens (including phenoxy) is 1. The molecule has 4 saturated carbocycles. The molecular weight excluding hydrogens is 617 g/mol. The molecule has 0 amide bonds. The molecule has 0 radical (unpaired) electrons. The van der Waals surface area contributed by atoms with Crippen molar-refractivity contribution < 1.29 is 17.9 Å². The quantitative estimate of drug-likeness (QED) is 0.124. The fourth-order valence-electron chi connectivity index (χ4n) is 13.2. The molecule has 268 valence electrons. The van der Waals surface area contributed by atoms with Gasteiger partial charge in [0, 0.05) is 37.8 Å². The summed E-state index contributed by atoms with van der Waals surface area (Å²) in [6.07, 6.45) is 21.4. The van der Waals surface area contributed by atoms with Crippen LogP contribution in [0.4, 0.5) is 0 Å². The Hall–Kier alpha value is -1.70. The standard InChI is InChI=1S/C41H64N2O4S/c1-29(2)31-16-20-41(42-23-24-43-25-27-48(45,46)28-26-43)22-21-39(6)32(36(31)41)13-14-34-38(5)18-15-30(11-9-10-12-35(44)47-8)37(3,4)33(38)17-19-40(34,39)7/h9-12,15,31-34,36,42H,1,13-14,16-28H2,2-8H3/t31-,32+,33-,34+,36+,38-,39+,40+,41-/m0/s1. The molecule has 5 fully saturated rings. The summed E-state index contributed by atoms with van der Waals surface area (Å²) in [6, 6.07) is 0. The normalized spacial score (nSPS) is 43.6. The molecule has 9 atom stereocenters. The van der Waals surface area contributed by atoms with E-state index < -0.39 is 9.84 Å². The van der Waals surface area contributed by atoms with Gasteiger partial charge in [0.25, 0.3) is 0 Å². The average molecular weight is 681 g/mol. The van der Waals surface area contributed by atoms with Crippen LogP contribution in [0.5, 0.6) is 0 Å². The Morgan fingerprint density at radius 3 is 2.40 bits per heavy atom. The van der Waals surface area contributed by atoms with Crippen molar-refractivity contribution in [2.75, 3.05) is 44.8 Å². The van der Waals surface area contributed by atoms with Gasteiger partial charge < -0.3 is 15.0 Å². The van der Waals surface area contributed by atoms with Gasteiger partial charge in [-0.2, -0.15) is 0 Å². The zero-order valence-electron chi connectivity index (χ0n) is 31.1. The van der Waals surface area contributed by atoms with E-state index in [2.05, 4.69) is 70.5 Å². The number of fused-ring (bicyclic) bond motifs is 7. The van der Waals surface area contributed by atoms with Crippen molar-refractivity contribution in [2.24, 2.45) is 51.2 Å². The van der Waals surface area contributed by atoms with E-state index >= 15 is 0 Å². The van der Waals surface area contributed by atoms with Crippen molar-refractivity contribution in [3.63, 3.8) is 0 Å². The average Bonchev–Trinajstić information content (AvgIpc) is 3.41. The molecule has 0 aromatic carbocycles. The molecule has 1 heterocycles. The topological polar surface area (TPSA) is 75.7 Å². The molecule has 0 spiro atoms. The van der Waals surface area contributed by atoms with Crippen molar-refractivity contribution in [3.05, 3.63) is 48.1 Å². The van der Waals surface area contributed by atoms with Crippen molar-refractivity contribution in [3.8, 4) is 0 Å². The maximum atomic E-state index is 12.0. The Balaban J connectivity index is 1.23. The highest BCUT2D eigenvalue weighted by Gasteiger charge is 2.70. The molecule has 6 nitrogen and oxygen atoms in total. The van der Waals surface area contributed by atoms with Crippen molar-refractivity contribution in [1.82, 2.24) is 10.2 Å². The van der Waals surface area contributed by atoms with Crippen LogP contribution in [0.25, 0.3) is 0 Å². The molecule has 1 aliphatic heterocycles. The van der Waals surface area contributed by atoms with E-state index in [4.69, 9.17) is 4.74 Å². The number of allylic oxidation sites excluding steroid dienone is 6. The fourth-order valence-corrected chi connectivity index (χ4v) is 14.4. The zero-order valence-corrected chi connectivity index (χ0v) is 31.9. The van der Waals surface area contributed by atoms with Crippen LogP contribution in [-0.2, 0) is 19.4 Å². The Bertz CT molecular complexity index is 1460. The van der Waals surface area contributed by atoms with Gasteiger partial charge in [0.1, 0.15) is 0 Å². The van der Waals surface area contributed by atoms with Crippen LogP contribution in [0.1, 0.15) is 99.3 Å². The second-order valence-electron chi connectivity index (χ2n) is 18.1. The van der Waals surface area contributed by atoms with E-state index in [9.17, 15) is 13.2 Å². The predicted molar refractivity (Wildman–Crippen MR) is 196 cm³/mol. The van der Waals surface area contributed by atoms with Crippen LogP contribution >= 0.6 is 0 Å². The minimum atomic E-state index is -2.85. The van der Waals surface area contributed by atoms with Crippen molar-refractivity contribution >= 4 is 15.8 Å². The highest BCUT2D eigenvalue weighted by atomic mass is 32.2. The zero-order chi connectivity index (χ0) is 34.8. The largest absolute Gasteiger partial charge is 0.466 e. The number of hydrogen-bond acceptors (Lipinski definition) is 6. The van der Waals surface area contributed by atoms with Gasteiger partial charge in [-0.05, 0) is 122 Å². The SMILES string of the molecule is C=C(C)[C@@H]1CC[C@]2(NCCN3CCS(=O)(=O)CC3)CC[C@]3(C)[C@H](CC[C@@H]4[C@@]5(C)CC=C(C=CC=CC(=O)OC)C(C)(C)[C@@H]5CC[C@]43C)[C@@H]12. The molecule has 6 rings (SSSR count). The highest BCUT2D eigenvalue weighted by Crippen LogP contribution is 2.76. The third-order valence-corrected chi connectivity index (χ3v) is 17.5. The van der Waals surface area contributed by atoms with Crippen LogP contribution in [0, 0.1) is 51.2 Å². The lowest BCUT2D eigenvalue weighted by Gasteiger charge is -2.72. The highest BCUT2D eigenvalue weighted by molar-refractivity contribution is 7.91. The fraction of sp³-hybridized carbons (Fsp3) is 0.780. The van der Waals surface area contributed by atoms with Crippen LogP contribution in [0.15, 0.2) is 48.1 Å². The number of sulfone groups is 1. The summed E-state index contributed by atoms with van der Waals surface area (Å²) in [5.41, 5.74) is 3.88. The van der Waals surface area contributed by atoms with E-state index in [0.29, 0.717) is 65.0 Å². The second kappa shape index (κ2) is 12.8. The molecular formula is C41H64N2O4S. The van der Waals surface area contributed by atoms with Gasteiger partial charge >= 0.3 is 5.97 Å². The number of hydrogen-bond donors (Lipinski definition) is 1. The summed E-state index contributed by atoms with van der Waals surface area (Å²) in [6.45, 7) is 23.1. The first-order chi connectivity index (χ1) is 22.5. The first-order valence-corrected chi connectivity index (χ1v) is 20.8. The van der Waals surface area contributed by atoms with Gasteiger partial charge in [0.15, 0.2) is 9.84 Å². The number of methoxy groups -OCH3 is 1. The van der Waals surface area contributed by atoms with Crippen LogP contribution in [0.3, 0.4) is 0 Å². The summed E-state index contributed by atoms with van der Waals surface area (Å²) in [7, 11) is -1.44. The minimum absolute atomic E-state index is 0.0718. The van der Waals surface area contributed by atoms with Crippen LogP contribution in [0.2, 0.25) is 0 Å². The van der Waals surface area contributed by atoms with E-state index in [1.54, 1.807) is 6.08 Å². The molecule has 6 aliphatic rings. The number of nitrogens with one attached hydrogen (secondary N) is 1. The molecule has 7 heteroatoms. The molecule has 0 bridgehead atoms. The smallest absolute Gasteiger partial charge is 0.330 e. The van der Waals surface area contributed by atoms with Gasteiger partial charge in [-0.1, -0.05) is 71.1 Å². The number of esters is 1. The maximum absolute atomic E-state index is 12.0. The summed E-state index contributed by atoms with van der Waals surface area (Å²) in [5.74, 6) is 3.50. The Kier molecular flexibility index (Phi) is 9.64. The van der Waals surface area contributed by atoms with E-state index in [1.807, 2.05) is 6.08 Å². The summed E-state index contributed by atoms with van der Waals surface area (Å²) < 4.78 is 28.8. The molecule has 0 aromatic heterocycles. The number of nitrogens with zero attached hydrogens (tertiary/aromatic N) is 1.